The average Bonchev–Trinajstić information content (AvgIpc) is 2.94. The van der Waals surface area contributed by atoms with Gasteiger partial charge in [0.15, 0.2) is 29.5 Å². The van der Waals surface area contributed by atoms with E-state index in [1.807, 2.05) is 25.2 Å². The smallest absolute Gasteiger partial charge is 0.493 e. The summed E-state index contributed by atoms with van der Waals surface area (Å²) in [5.74, 6) is 0.807. The van der Waals surface area contributed by atoms with Gasteiger partial charge in [0.2, 0.25) is 0 Å². The van der Waals surface area contributed by atoms with Crippen molar-refractivity contribution in [2.75, 3.05) is 33.1 Å². The maximum Gasteiger partial charge on any atom is 0.586 e. The van der Waals surface area contributed by atoms with Crippen LogP contribution in [-0.4, -0.2) is 40.0 Å². The van der Waals surface area contributed by atoms with Crippen LogP contribution in [0.15, 0.2) is 36.4 Å². The third-order valence-electron chi connectivity index (χ3n) is 4.10. The molecule has 7 nitrogen and oxygen atoms in total. The van der Waals surface area contributed by atoms with Gasteiger partial charge >= 0.3 is 6.29 Å². The first-order chi connectivity index (χ1) is 13.3. The predicted molar refractivity (Wildman–Crippen MR) is 96.3 cm³/mol. The third-order valence-corrected chi connectivity index (χ3v) is 4.10. The number of hydrogen-bond donors (Lipinski definition) is 2. The number of carbonyl (C=O) groups is 1. The molecule has 0 radical (unpaired) electrons. The van der Waals surface area contributed by atoms with Gasteiger partial charge in [-0.3, -0.25) is 4.79 Å². The van der Waals surface area contributed by atoms with Crippen molar-refractivity contribution in [3.63, 3.8) is 0 Å². The number of amides is 1. The summed E-state index contributed by atoms with van der Waals surface area (Å²) < 4.78 is 45.3. The van der Waals surface area contributed by atoms with Crippen molar-refractivity contribution < 1.29 is 37.4 Å². The highest BCUT2D eigenvalue weighted by Gasteiger charge is 2.43. The number of hydrogen-bond acceptors (Lipinski definition) is 5. The number of halogens is 2. The molecule has 0 aliphatic carbocycles. The fraction of sp³-hybridized carbons (Fsp3) is 0.316. The molecular weight excluding hydrogens is 374 g/mol. The van der Waals surface area contributed by atoms with E-state index in [0.717, 1.165) is 10.5 Å². The van der Waals surface area contributed by atoms with E-state index in [-0.39, 0.29) is 24.0 Å². The van der Waals surface area contributed by atoms with Gasteiger partial charge in [0, 0.05) is 17.3 Å². The first-order valence-corrected chi connectivity index (χ1v) is 8.51. The van der Waals surface area contributed by atoms with E-state index in [1.165, 1.54) is 18.2 Å². The number of likely N-dealkylation sites (N-methyl/N-ethyl adjacent to an activating group) is 1. The molecule has 0 aromatic heterocycles. The first kappa shape index (κ1) is 19.7. The largest absolute Gasteiger partial charge is 0.586 e. The van der Waals surface area contributed by atoms with Crippen molar-refractivity contribution in [1.29, 1.82) is 0 Å². The second-order valence-corrected chi connectivity index (χ2v) is 6.38. The molecule has 3 rings (SSSR count). The number of fused-ring (bicyclic) bond motifs is 1. The predicted octanol–water partition coefficient (Wildman–Crippen LogP) is 1.68. The molecular formula is C19H21F2N2O5+. The summed E-state index contributed by atoms with van der Waals surface area (Å²) in [7, 11) is 5.00. The highest BCUT2D eigenvalue weighted by Crippen LogP contribution is 2.42. The van der Waals surface area contributed by atoms with Crippen LogP contribution in [0.3, 0.4) is 0 Å². The maximum absolute atomic E-state index is 13.1. The number of carbonyl (C=O) groups excluding carboxylic acids is 1. The second kappa shape index (κ2) is 7.89. The minimum Gasteiger partial charge on any atom is -0.493 e. The summed E-state index contributed by atoms with van der Waals surface area (Å²) in [6.07, 6.45) is -3.69. The summed E-state index contributed by atoms with van der Waals surface area (Å²) in [4.78, 5) is 13.2. The lowest BCUT2D eigenvalue weighted by Gasteiger charge is -2.15. The molecule has 9 heteroatoms. The zero-order chi connectivity index (χ0) is 20.3. The van der Waals surface area contributed by atoms with Crippen LogP contribution in [0.1, 0.15) is 5.56 Å². The monoisotopic (exact) mass is 395 g/mol. The topological polar surface area (TPSA) is 70.5 Å². The zero-order valence-corrected chi connectivity index (χ0v) is 15.7. The second-order valence-electron chi connectivity index (χ2n) is 6.38. The Morgan fingerprint density at radius 2 is 1.79 bits per heavy atom. The van der Waals surface area contributed by atoms with Crippen LogP contribution in [0, 0.1) is 0 Å². The minimum absolute atomic E-state index is 0.0702. The molecule has 28 heavy (non-hydrogen) atoms. The number of anilines is 1. The van der Waals surface area contributed by atoms with Crippen LogP contribution in [0.25, 0.3) is 0 Å². The molecule has 150 valence electrons. The van der Waals surface area contributed by atoms with Gasteiger partial charge in [-0.05, 0) is 30.3 Å². The molecule has 2 N–H and O–H groups in total. The van der Waals surface area contributed by atoms with Crippen molar-refractivity contribution in [2.45, 2.75) is 12.8 Å². The number of alkyl halides is 2. The van der Waals surface area contributed by atoms with Crippen molar-refractivity contribution in [3.05, 3.63) is 42.0 Å². The summed E-state index contributed by atoms with van der Waals surface area (Å²) in [6, 6.07) is 9.68. The number of rotatable bonds is 7. The SMILES string of the molecule is COc1ccc(C[NH+](C)CC(=O)Nc2ccc3c(c2)OC(F)(F)O3)cc1OC. The molecule has 1 heterocycles. The number of methoxy groups -OCH3 is 2. The molecule has 1 aliphatic heterocycles. The van der Waals surface area contributed by atoms with Crippen LogP contribution in [0.4, 0.5) is 14.5 Å². The van der Waals surface area contributed by atoms with Crippen LogP contribution < -0.4 is 29.2 Å². The maximum atomic E-state index is 13.1. The summed E-state index contributed by atoms with van der Waals surface area (Å²) >= 11 is 0. The van der Waals surface area contributed by atoms with Crippen LogP contribution >= 0.6 is 0 Å². The minimum atomic E-state index is -3.69. The zero-order valence-electron chi connectivity index (χ0n) is 15.7. The number of nitrogens with one attached hydrogen (secondary N) is 2. The lowest BCUT2D eigenvalue weighted by atomic mass is 10.2. The Hall–Kier alpha value is -3.07. The van der Waals surface area contributed by atoms with Gasteiger partial charge in [0.25, 0.3) is 5.91 Å². The van der Waals surface area contributed by atoms with Crippen LogP contribution in [0.2, 0.25) is 0 Å². The molecule has 0 saturated heterocycles. The van der Waals surface area contributed by atoms with Gasteiger partial charge in [-0.15, -0.1) is 8.78 Å². The van der Waals surface area contributed by atoms with Gasteiger partial charge in [0.1, 0.15) is 6.54 Å². The summed E-state index contributed by atoms with van der Waals surface area (Å²) in [5, 5.41) is 2.67. The Balaban J connectivity index is 1.57. The Bertz CT molecular complexity index is 875. The first-order valence-electron chi connectivity index (χ1n) is 8.51. The van der Waals surface area contributed by atoms with E-state index < -0.39 is 6.29 Å². The molecule has 1 amide bonds. The van der Waals surface area contributed by atoms with E-state index in [0.29, 0.717) is 23.7 Å². The van der Waals surface area contributed by atoms with E-state index in [4.69, 9.17) is 9.47 Å². The van der Waals surface area contributed by atoms with Gasteiger partial charge in [-0.1, -0.05) is 0 Å². The van der Waals surface area contributed by atoms with E-state index in [1.54, 1.807) is 14.2 Å². The number of ether oxygens (including phenoxy) is 4. The Kier molecular flexibility index (Phi) is 5.55. The van der Waals surface area contributed by atoms with Gasteiger partial charge in [-0.2, -0.15) is 0 Å². The molecule has 1 atom stereocenters. The van der Waals surface area contributed by atoms with E-state index >= 15 is 0 Å². The fourth-order valence-electron chi connectivity index (χ4n) is 2.91. The molecule has 0 bridgehead atoms. The summed E-state index contributed by atoms with van der Waals surface area (Å²) in [6.45, 7) is 0.764. The molecule has 2 aromatic carbocycles. The molecule has 0 saturated carbocycles. The lowest BCUT2D eigenvalue weighted by Crippen LogP contribution is -3.08. The number of quaternary nitrogens is 1. The van der Waals surface area contributed by atoms with Crippen molar-refractivity contribution in [3.8, 4) is 23.0 Å². The molecule has 2 aromatic rings. The molecule has 0 spiro atoms. The standard InChI is InChI=1S/C19H20F2N2O5/c1-23(10-12-4-6-14(25-2)16(8-12)26-3)11-18(24)22-13-5-7-15-17(9-13)28-19(20,21)27-15/h4-9H,10-11H2,1-3H3,(H,22,24)/p+1. The third kappa shape index (κ3) is 4.61. The Morgan fingerprint density at radius 3 is 2.50 bits per heavy atom. The van der Waals surface area contributed by atoms with E-state index in [9.17, 15) is 13.6 Å². The molecule has 1 unspecified atom stereocenters. The highest BCUT2D eigenvalue weighted by molar-refractivity contribution is 5.91. The Morgan fingerprint density at radius 1 is 1.07 bits per heavy atom. The molecule has 0 fully saturated rings. The normalized spacial score (nSPS) is 15.0. The van der Waals surface area contributed by atoms with Gasteiger partial charge in [-0.25, -0.2) is 0 Å². The molecule has 1 aliphatic rings. The highest BCUT2D eigenvalue weighted by atomic mass is 19.3. The lowest BCUT2D eigenvalue weighted by molar-refractivity contribution is -0.885. The van der Waals surface area contributed by atoms with Crippen LogP contribution in [0.5, 0.6) is 23.0 Å². The number of benzene rings is 2. The van der Waals surface area contributed by atoms with Gasteiger partial charge < -0.3 is 29.2 Å². The van der Waals surface area contributed by atoms with Crippen molar-refractivity contribution >= 4 is 11.6 Å². The average molecular weight is 395 g/mol. The van der Waals surface area contributed by atoms with Crippen LogP contribution in [-0.2, 0) is 11.3 Å². The Labute approximate surface area is 160 Å². The fourth-order valence-corrected chi connectivity index (χ4v) is 2.91. The van der Waals surface area contributed by atoms with Gasteiger partial charge in [0.05, 0.1) is 21.3 Å². The van der Waals surface area contributed by atoms with Crippen molar-refractivity contribution in [1.82, 2.24) is 0 Å². The summed E-state index contributed by atoms with van der Waals surface area (Å²) in [5.41, 5.74) is 1.33. The van der Waals surface area contributed by atoms with Crippen molar-refractivity contribution in [2.24, 2.45) is 0 Å². The van der Waals surface area contributed by atoms with E-state index in [2.05, 4.69) is 14.8 Å². The quantitative estimate of drug-likeness (QED) is 0.747.